The van der Waals surface area contributed by atoms with Gasteiger partial charge >= 0.3 is 0 Å². The van der Waals surface area contributed by atoms with Crippen LogP contribution in [0, 0.1) is 0 Å². The van der Waals surface area contributed by atoms with Crippen LogP contribution in [0.5, 0.6) is 0 Å². The monoisotopic (exact) mass is 429 g/mol. The van der Waals surface area contributed by atoms with Gasteiger partial charge < -0.3 is 0 Å². The molecule has 1 nitrogen and oxygen atoms in total. The molecule has 0 bridgehead atoms. The molecule has 32 heavy (non-hydrogen) atoms. The van der Waals surface area contributed by atoms with Crippen molar-refractivity contribution in [3.8, 4) is 22.5 Å². The Morgan fingerprint density at radius 3 is 1.59 bits per heavy atom. The summed E-state index contributed by atoms with van der Waals surface area (Å²) >= 11 is 0. The maximum atomic E-state index is 4.96. The zero-order valence-corrected chi connectivity index (χ0v) is 18.7. The molecule has 0 saturated heterocycles. The van der Waals surface area contributed by atoms with Gasteiger partial charge in [0, 0.05) is 17.3 Å². The molecule has 0 fully saturated rings. The minimum absolute atomic E-state index is 0.471. The van der Waals surface area contributed by atoms with Crippen LogP contribution in [0.3, 0.4) is 0 Å². The summed E-state index contributed by atoms with van der Waals surface area (Å²) in [4.78, 5) is 4.96. The van der Waals surface area contributed by atoms with Gasteiger partial charge in [-0.3, -0.25) is 0 Å². The number of pyridine rings is 1. The SMILES string of the molecule is c1ccc(-c2cccc(-c3cccc(CP(c4ccccc4)c4ccccc4)c3)n2)cc1. The molecule has 0 aliphatic carbocycles. The molecular weight excluding hydrogens is 405 g/mol. The number of hydrogen-bond donors (Lipinski definition) is 0. The smallest absolute Gasteiger partial charge is 0.0709 e. The van der Waals surface area contributed by atoms with Crippen LogP contribution in [-0.4, -0.2) is 4.98 Å². The summed E-state index contributed by atoms with van der Waals surface area (Å²) in [5.74, 6) is 0. The Balaban J connectivity index is 1.47. The van der Waals surface area contributed by atoms with Gasteiger partial charge in [-0.1, -0.05) is 115 Å². The Kier molecular flexibility index (Phi) is 6.19. The van der Waals surface area contributed by atoms with E-state index in [-0.39, 0.29) is 0 Å². The Morgan fingerprint density at radius 1 is 0.469 bits per heavy atom. The highest BCUT2D eigenvalue weighted by Gasteiger charge is 2.15. The molecule has 2 heteroatoms. The van der Waals surface area contributed by atoms with Crippen molar-refractivity contribution in [3.63, 3.8) is 0 Å². The first-order valence-electron chi connectivity index (χ1n) is 10.9. The fraction of sp³-hybridized carbons (Fsp3) is 0.0333. The highest BCUT2D eigenvalue weighted by Crippen LogP contribution is 2.38. The molecule has 0 aliphatic rings. The fourth-order valence-corrected chi connectivity index (χ4v) is 6.21. The predicted octanol–water partition coefficient (Wildman–Crippen LogP) is 7.05. The van der Waals surface area contributed by atoms with E-state index in [4.69, 9.17) is 4.98 Å². The number of rotatable bonds is 6. The molecule has 1 aromatic heterocycles. The summed E-state index contributed by atoms with van der Waals surface area (Å²) in [6, 6.07) is 47.3. The van der Waals surface area contributed by atoms with Crippen LogP contribution >= 0.6 is 7.92 Å². The molecule has 5 rings (SSSR count). The Hall–Kier alpha value is -3.54. The second-order valence-corrected chi connectivity index (χ2v) is 9.94. The van der Waals surface area contributed by atoms with E-state index >= 15 is 0 Å². The van der Waals surface area contributed by atoms with Crippen molar-refractivity contribution in [1.29, 1.82) is 0 Å². The molecule has 0 saturated carbocycles. The number of hydrogen-bond acceptors (Lipinski definition) is 1. The molecule has 0 N–H and O–H groups in total. The maximum absolute atomic E-state index is 4.96. The van der Waals surface area contributed by atoms with E-state index in [1.807, 2.05) is 6.07 Å². The molecule has 1 heterocycles. The van der Waals surface area contributed by atoms with Crippen LogP contribution in [0.1, 0.15) is 5.56 Å². The van der Waals surface area contributed by atoms with Gasteiger partial charge in [0.25, 0.3) is 0 Å². The van der Waals surface area contributed by atoms with Crippen molar-refractivity contribution in [1.82, 2.24) is 4.98 Å². The lowest BCUT2D eigenvalue weighted by Crippen LogP contribution is -2.12. The highest BCUT2D eigenvalue weighted by molar-refractivity contribution is 7.72. The molecule has 0 radical (unpaired) electrons. The first-order valence-corrected chi connectivity index (χ1v) is 12.4. The Bertz CT molecular complexity index is 1240. The van der Waals surface area contributed by atoms with Crippen LogP contribution in [0.4, 0.5) is 0 Å². The van der Waals surface area contributed by atoms with E-state index in [0.29, 0.717) is 0 Å². The topological polar surface area (TPSA) is 12.9 Å². The summed E-state index contributed by atoms with van der Waals surface area (Å²) in [7, 11) is -0.471. The van der Waals surface area contributed by atoms with Crippen molar-refractivity contribution in [3.05, 3.63) is 139 Å². The van der Waals surface area contributed by atoms with Gasteiger partial charge in [-0.2, -0.15) is 0 Å². The lowest BCUT2D eigenvalue weighted by molar-refractivity contribution is 1.31. The quantitative estimate of drug-likeness (QED) is 0.264. The molecule has 4 aromatic carbocycles. The zero-order valence-electron chi connectivity index (χ0n) is 17.8. The minimum atomic E-state index is -0.471. The van der Waals surface area contributed by atoms with Crippen molar-refractivity contribution < 1.29 is 0 Å². The average Bonchev–Trinajstić information content (AvgIpc) is 2.89. The van der Waals surface area contributed by atoms with Gasteiger partial charge in [-0.25, -0.2) is 4.98 Å². The van der Waals surface area contributed by atoms with Crippen LogP contribution < -0.4 is 10.6 Å². The van der Waals surface area contributed by atoms with Crippen LogP contribution in [-0.2, 0) is 6.16 Å². The molecular formula is C30H24NP. The highest BCUT2D eigenvalue weighted by atomic mass is 31.1. The molecule has 0 unspecified atom stereocenters. The molecule has 0 spiro atoms. The third kappa shape index (κ3) is 4.69. The lowest BCUT2D eigenvalue weighted by Gasteiger charge is -2.19. The first-order chi connectivity index (χ1) is 15.9. The van der Waals surface area contributed by atoms with Crippen LogP contribution in [0.2, 0.25) is 0 Å². The third-order valence-corrected chi connectivity index (χ3v) is 8.04. The summed E-state index contributed by atoms with van der Waals surface area (Å²) < 4.78 is 0. The zero-order chi connectivity index (χ0) is 21.6. The number of aromatic nitrogens is 1. The number of benzene rings is 4. The van der Waals surface area contributed by atoms with Crippen LogP contribution in [0.25, 0.3) is 22.5 Å². The molecule has 5 aromatic rings. The summed E-state index contributed by atoms with van der Waals surface area (Å²) in [6.07, 6.45) is 1.01. The average molecular weight is 430 g/mol. The Morgan fingerprint density at radius 2 is 0.969 bits per heavy atom. The standard InChI is InChI=1S/C30H24NP/c1-4-13-25(14-5-1)29-20-11-21-30(31-29)26-15-10-12-24(22-26)23-32(27-16-6-2-7-17-27)28-18-8-3-9-19-28/h1-22H,23H2. The largest absolute Gasteiger partial charge is 0.248 e. The van der Waals surface area contributed by atoms with Crippen molar-refractivity contribution in [2.45, 2.75) is 6.16 Å². The number of nitrogens with zero attached hydrogens (tertiary/aromatic N) is 1. The second-order valence-electron chi connectivity index (χ2n) is 7.73. The van der Waals surface area contributed by atoms with E-state index < -0.39 is 7.92 Å². The summed E-state index contributed by atoms with van der Waals surface area (Å²) in [5.41, 5.74) is 5.66. The van der Waals surface area contributed by atoms with Gasteiger partial charge in [0.15, 0.2) is 0 Å². The van der Waals surface area contributed by atoms with Crippen molar-refractivity contribution in [2.24, 2.45) is 0 Å². The van der Waals surface area contributed by atoms with Gasteiger partial charge in [0.2, 0.25) is 0 Å². The molecule has 0 amide bonds. The van der Waals surface area contributed by atoms with Gasteiger partial charge in [-0.05, 0) is 42.3 Å². The third-order valence-electron chi connectivity index (χ3n) is 5.52. The van der Waals surface area contributed by atoms with E-state index in [1.54, 1.807) is 0 Å². The lowest BCUT2D eigenvalue weighted by atomic mass is 10.1. The second kappa shape index (κ2) is 9.73. The minimum Gasteiger partial charge on any atom is -0.248 e. The van der Waals surface area contributed by atoms with Crippen molar-refractivity contribution in [2.75, 3.05) is 0 Å². The summed E-state index contributed by atoms with van der Waals surface area (Å²) in [6.45, 7) is 0. The van der Waals surface area contributed by atoms with Crippen molar-refractivity contribution >= 4 is 18.5 Å². The van der Waals surface area contributed by atoms with Gasteiger partial charge in [0.05, 0.1) is 11.4 Å². The van der Waals surface area contributed by atoms with E-state index in [2.05, 4.69) is 127 Å². The molecule has 0 aliphatic heterocycles. The molecule has 154 valence electrons. The van der Waals surface area contributed by atoms with Gasteiger partial charge in [-0.15, -0.1) is 0 Å². The molecule has 0 atom stereocenters. The van der Waals surface area contributed by atoms with E-state index in [9.17, 15) is 0 Å². The fourth-order valence-electron chi connectivity index (χ4n) is 3.92. The van der Waals surface area contributed by atoms with E-state index in [0.717, 1.165) is 28.7 Å². The van der Waals surface area contributed by atoms with Crippen LogP contribution in [0.15, 0.2) is 133 Å². The normalized spacial score (nSPS) is 10.9. The summed E-state index contributed by atoms with van der Waals surface area (Å²) in [5, 5.41) is 2.81. The predicted molar refractivity (Wildman–Crippen MR) is 138 cm³/mol. The van der Waals surface area contributed by atoms with Gasteiger partial charge in [0.1, 0.15) is 0 Å². The first kappa shape index (κ1) is 20.4. The van der Waals surface area contributed by atoms with E-state index in [1.165, 1.54) is 16.2 Å². The Labute approximate surface area is 191 Å². The maximum Gasteiger partial charge on any atom is 0.0709 e.